The smallest absolute Gasteiger partial charge is 0.0645 e. The Morgan fingerprint density at radius 1 is 0.457 bits per heavy atom. The van der Waals surface area contributed by atoms with Crippen molar-refractivity contribution < 1.29 is 20.6 Å². The Kier molecular flexibility index (Phi) is 2.75. The molecule has 0 aliphatic rings. The summed E-state index contributed by atoms with van der Waals surface area (Å²) in [6.07, 6.45) is 0. The highest BCUT2D eigenvalue weighted by Gasteiger charge is 2.12. The zero-order valence-electron chi connectivity index (χ0n) is 33.2. The molecule has 6 aromatic rings. The molecular formula is C34H25N. The highest BCUT2D eigenvalue weighted by atomic mass is 15.1. The summed E-state index contributed by atoms with van der Waals surface area (Å²) in [5.41, 5.74) is -1.25. The van der Waals surface area contributed by atoms with Gasteiger partial charge in [0.1, 0.15) is 0 Å². The standard InChI is InChI=1S/C34H25N/c1-4-11-27(12-5-1)33-18-10-13-28-19-20-29(25-34(28)33)26-21-23-32(24-22-26)35(30-14-6-2-7-15-30)31-16-8-3-9-17-31/h1-25H/i1D,4D,5D,10D,11D,12D,13D,18D,19D,20D,21D,22D,23D,24D,25D. The van der Waals surface area contributed by atoms with Crippen LogP contribution in [-0.4, -0.2) is 0 Å². The van der Waals surface area contributed by atoms with Crippen molar-refractivity contribution >= 4 is 27.8 Å². The third kappa shape index (κ3) is 4.20. The van der Waals surface area contributed by atoms with Crippen LogP contribution in [0.4, 0.5) is 17.1 Å². The van der Waals surface area contributed by atoms with Crippen molar-refractivity contribution in [3.63, 3.8) is 0 Å². The minimum atomic E-state index is -0.770. The molecule has 0 bridgehead atoms. The fourth-order valence-corrected chi connectivity index (χ4v) is 3.70. The van der Waals surface area contributed by atoms with Crippen molar-refractivity contribution in [3.05, 3.63) is 151 Å². The number of fused-ring (bicyclic) bond motifs is 1. The van der Waals surface area contributed by atoms with Crippen LogP contribution >= 0.6 is 0 Å². The van der Waals surface area contributed by atoms with Gasteiger partial charge in [-0.3, -0.25) is 0 Å². The summed E-state index contributed by atoms with van der Waals surface area (Å²) >= 11 is 0. The Morgan fingerprint density at radius 3 is 1.74 bits per heavy atom. The first-order chi connectivity index (χ1) is 23.6. The van der Waals surface area contributed by atoms with Gasteiger partial charge in [0.15, 0.2) is 0 Å². The quantitative estimate of drug-likeness (QED) is 0.246. The molecule has 1 nitrogen and oxygen atoms in total. The highest BCUT2D eigenvalue weighted by molar-refractivity contribution is 5.99. The van der Waals surface area contributed by atoms with E-state index in [9.17, 15) is 1.37 Å². The molecule has 1 heteroatoms. The second kappa shape index (κ2) is 9.32. The largest absolute Gasteiger partial charge is 0.311 e. The first kappa shape index (κ1) is 10.3. The van der Waals surface area contributed by atoms with Crippen LogP contribution in [-0.2, 0) is 0 Å². The summed E-state index contributed by atoms with van der Waals surface area (Å²) in [7, 11) is 0. The third-order valence-corrected chi connectivity index (χ3v) is 5.30. The lowest BCUT2D eigenvalue weighted by molar-refractivity contribution is 1.28. The number of benzene rings is 6. The van der Waals surface area contributed by atoms with Gasteiger partial charge >= 0.3 is 0 Å². The number of hydrogen-bond donors (Lipinski definition) is 0. The molecule has 0 saturated heterocycles. The summed E-state index contributed by atoms with van der Waals surface area (Å²) < 4.78 is 131. The Bertz CT molecular complexity index is 2280. The molecule has 6 aromatic carbocycles. The van der Waals surface area contributed by atoms with Crippen molar-refractivity contribution in [2.75, 3.05) is 4.90 Å². The Morgan fingerprint density at radius 2 is 1.09 bits per heavy atom. The molecule has 35 heavy (non-hydrogen) atoms. The molecule has 0 saturated carbocycles. The van der Waals surface area contributed by atoms with E-state index in [1.807, 2.05) is 0 Å². The minimum absolute atomic E-state index is 0.133. The zero-order valence-corrected chi connectivity index (χ0v) is 18.2. The number of hydrogen-bond acceptors (Lipinski definition) is 1. The maximum absolute atomic E-state index is 9.32. The van der Waals surface area contributed by atoms with Crippen molar-refractivity contribution in [2.24, 2.45) is 0 Å². The zero-order chi connectivity index (χ0) is 36.5. The van der Waals surface area contributed by atoms with Gasteiger partial charge < -0.3 is 4.90 Å². The lowest BCUT2D eigenvalue weighted by Gasteiger charge is -2.25. The molecule has 6 rings (SSSR count). The van der Waals surface area contributed by atoms with Gasteiger partial charge in [-0.1, -0.05) is 109 Å². The molecule has 0 amide bonds. The summed E-state index contributed by atoms with van der Waals surface area (Å²) in [4.78, 5) is 1.54. The Hall–Kier alpha value is -4.62. The van der Waals surface area contributed by atoms with Crippen molar-refractivity contribution in [1.82, 2.24) is 0 Å². The molecule has 0 spiro atoms. The summed E-state index contributed by atoms with van der Waals surface area (Å²) in [5.74, 6) is 0. The lowest BCUT2D eigenvalue weighted by Crippen LogP contribution is -2.09. The highest BCUT2D eigenvalue weighted by Crippen LogP contribution is 2.36. The van der Waals surface area contributed by atoms with Crippen LogP contribution in [0.1, 0.15) is 20.6 Å². The van der Waals surface area contributed by atoms with E-state index in [-0.39, 0.29) is 5.69 Å². The van der Waals surface area contributed by atoms with Gasteiger partial charge in [0.2, 0.25) is 0 Å². The number of rotatable bonds is 5. The number of anilines is 3. The van der Waals surface area contributed by atoms with Crippen LogP contribution in [0.5, 0.6) is 0 Å². The maximum Gasteiger partial charge on any atom is 0.0645 e. The van der Waals surface area contributed by atoms with Gasteiger partial charge in [-0.15, -0.1) is 0 Å². The summed E-state index contributed by atoms with van der Waals surface area (Å²) in [6, 6.07) is 6.81. The molecule has 166 valence electrons. The van der Waals surface area contributed by atoms with Crippen LogP contribution in [0.15, 0.2) is 151 Å². The second-order valence-corrected chi connectivity index (χ2v) is 7.48. The molecule has 0 heterocycles. The predicted molar refractivity (Wildman–Crippen MR) is 150 cm³/mol. The molecule has 0 radical (unpaired) electrons. The van der Waals surface area contributed by atoms with E-state index >= 15 is 0 Å². The van der Waals surface area contributed by atoms with Gasteiger partial charge in [0, 0.05) is 17.1 Å². The molecule has 0 aliphatic carbocycles. The lowest BCUT2D eigenvalue weighted by atomic mass is 9.95. The van der Waals surface area contributed by atoms with Crippen molar-refractivity contribution in [1.29, 1.82) is 0 Å². The predicted octanol–water partition coefficient (Wildman–Crippen LogP) is 9.64. The minimum Gasteiger partial charge on any atom is -0.311 e. The van der Waals surface area contributed by atoms with Crippen LogP contribution in [0.25, 0.3) is 33.0 Å². The second-order valence-electron chi connectivity index (χ2n) is 7.48. The Balaban J connectivity index is 1.76. The molecule has 0 atom stereocenters. The van der Waals surface area contributed by atoms with Crippen LogP contribution in [0.3, 0.4) is 0 Å². The first-order valence-corrected chi connectivity index (χ1v) is 10.7. The molecule has 0 fully saturated rings. The fourth-order valence-electron chi connectivity index (χ4n) is 3.70. The van der Waals surface area contributed by atoms with Crippen molar-refractivity contribution in [3.8, 4) is 22.3 Å². The SMILES string of the molecule is [2H]c1c([2H])c([2H])c(-c2c([2H])c([2H])c([2H])c3c([2H])c([2H])c(-c4c([2H])c([2H])c(N(c5ccccc5)c5ccccc5)c([2H])c4[2H])c([2H])c23)c([2H])c1[2H]. The molecule has 0 aromatic heterocycles. The topological polar surface area (TPSA) is 3.24 Å². The Labute approximate surface area is 227 Å². The monoisotopic (exact) mass is 462 g/mol. The molecule has 0 unspecified atom stereocenters. The average Bonchev–Trinajstić information content (AvgIpc) is 3.11. The summed E-state index contributed by atoms with van der Waals surface area (Å²) in [6.45, 7) is 0. The van der Waals surface area contributed by atoms with Gasteiger partial charge in [-0.05, 0) is 75.4 Å². The first-order valence-electron chi connectivity index (χ1n) is 18.2. The fraction of sp³-hybridized carbons (Fsp3) is 0. The van der Waals surface area contributed by atoms with Gasteiger partial charge in [0.05, 0.1) is 20.6 Å². The number of nitrogens with zero attached hydrogens (tertiary/aromatic N) is 1. The maximum atomic E-state index is 9.32. The van der Waals surface area contributed by atoms with E-state index in [0.717, 1.165) is 0 Å². The molecule has 0 N–H and O–H groups in total. The normalized spacial score (nSPS) is 16.9. The van der Waals surface area contributed by atoms with Crippen LogP contribution < -0.4 is 4.90 Å². The molecular weight excluding hydrogens is 422 g/mol. The van der Waals surface area contributed by atoms with E-state index in [1.54, 1.807) is 60.7 Å². The van der Waals surface area contributed by atoms with E-state index < -0.39 is 124 Å². The van der Waals surface area contributed by atoms with E-state index in [1.165, 1.54) is 4.90 Å². The van der Waals surface area contributed by atoms with Crippen LogP contribution in [0, 0.1) is 0 Å². The summed E-state index contributed by atoms with van der Waals surface area (Å²) in [5, 5.41) is -0.945. The van der Waals surface area contributed by atoms with E-state index in [4.69, 9.17) is 19.2 Å². The average molecular weight is 463 g/mol. The van der Waals surface area contributed by atoms with Gasteiger partial charge in [-0.2, -0.15) is 0 Å². The van der Waals surface area contributed by atoms with Gasteiger partial charge in [-0.25, -0.2) is 0 Å². The van der Waals surface area contributed by atoms with Crippen molar-refractivity contribution in [2.45, 2.75) is 0 Å². The molecule has 0 aliphatic heterocycles. The van der Waals surface area contributed by atoms with Gasteiger partial charge in [0.25, 0.3) is 0 Å². The third-order valence-electron chi connectivity index (χ3n) is 5.30. The van der Waals surface area contributed by atoms with E-state index in [2.05, 4.69) is 0 Å². The van der Waals surface area contributed by atoms with Crippen LogP contribution in [0.2, 0.25) is 0 Å². The van der Waals surface area contributed by atoms with E-state index in [0.29, 0.717) is 11.4 Å². The number of para-hydroxylation sites is 2.